The summed E-state index contributed by atoms with van der Waals surface area (Å²) >= 11 is 12.1. The van der Waals surface area contributed by atoms with Gasteiger partial charge in [0.15, 0.2) is 5.69 Å². The minimum atomic E-state index is -0.322. The van der Waals surface area contributed by atoms with Gasteiger partial charge in [-0.15, -0.1) is 0 Å². The van der Waals surface area contributed by atoms with Gasteiger partial charge in [-0.2, -0.15) is 4.98 Å². The lowest BCUT2D eigenvalue weighted by Crippen LogP contribution is -2.36. The highest BCUT2D eigenvalue weighted by Crippen LogP contribution is 2.27. The van der Waals surface area contributed by atoms with Crippen LogP contribution in [0.15, 0.2) is 45.8 Å². The molecule has 1 aliphatic heterocycles. The van der Waals surface area contributed by atoms with Crippen LogP contribution >= 0.6 is 23.2 Å². The number of hydrogen-bond acceptors (Lipinski definition) is 8. The number of halogens is 2. The quantitative estimate of drug-likeness (QED) is 0.304. The number of rotatable bonds is 8. The third kappa shape index (κ3) is 5.18. The van der Waals surface area contributed by atoms with Crippen LogP contribution in [0.4, 0.5) is 5.69 Å². The van der Waals surface area contributed by atoms with E-state index in [-0.39, 0.29) is 22.8 Å². The summed E-state index contributed by atoms with van der Waals surface area (Å²) < 4.78 is 18.3. The van der Waals surface area contributed by atoms with Crippen molar-refractivity contribution in [3.63, 3.8) is 0 Å². The van der Waals surface area contributed by atoms with E-state index in [1.807, 2.05) is 18.2 Å². The summed E-state index contributed by atoms with van der Waals surface area (Å²) in [5, 5.41) is 5.01. The summed E-state index contributed by atoms with van der Waals surface area (Å²) in [7, 11) is 0. The van der Waals surface area contributed by atoms with E-state index in [0.29, 0.717) is 47.8 Å². The number of pyridine rings is 1. The topological polar surface area (TPSA) is 95.0 Å². The second kappa shape index (κ2) is 10.9. The Balaban J connectivity index is 1.52. The fraction of sp³-hybridized carbons (Fsp3) is 0.360. The molecule has 188 valence electrons. The molecule has 3 aromatic heterocycles. The van der Waals surface area contributed by atoms with Crippen LogP contribution in [-0.4, -0.2) is 52.4 Å². The SMILES string of the molecule is CCCCOc1c(-c2noc(Cc3ccc(Cl)c(Cl)c3)n2)nc2ccc(N3CCOCC3)cn2c1=O. The molecule has 0 amide bonds. The summed E-state index contributed by atoms with van der Waals surface area (Å²) in [5.41, 5.74) is 2.17. The molecule has 1 fully saturated rings. The van der Waals surface area contributed by atoms with Crippen molar-refractivity contribution in [2.45, 2.75) is 26.2 Å². The van der Waals surface area contributed by atoms with Gasteiger partial charge in [0.1, 0.15) is 5.65 Å². The lowest BCUT2D eigenvalue weighted by Gasteiger charge is -2.28. The fourth-order valence-electron chi connectivity index (χ4n) is 3.97. The van der Waals surface area contributed by atoms with Crippen LogP contribution in [0.1, 0.15) is 31.2 Å². The first-order valence-electron chi connectivity index (χ1n) is 11.8. The minimum Gasteiger partial charge on any atom is -0.486 e. The van der Waals surface area contributed by atoms with Crippen LogP contribution in [0.3, 0.4) is 0 Å². The number of ether oxygens (including phenoxy) is 2. The lowest BCUT2D eigenvalue weighted by molar-refractivity contribution is 0.122. The molecule has 9 nitrogen and oxygen atoms in total. The second-order valence-electron chi connectivity index (χ2n) is 8.45. The van der Waals surface area contributed by atoms with Gasteiger partial charge in [-0.3, -0.25) is 9.20 Å². The molecule has 4 aromatic rings. The maximum atomic E-state index is 13.6. The van der Waals surface area contributed by atoms with Crippen molar-refractivity contribution in [2.24, 2.45) is 0 Å². The molecule has 0 N–H and O–H groups in total. The van der Waals surface area contributed by atoms with Gasteiger partial charge in [-0.25, -0.2) is 4.98 Å². The first-order chi connectivity index (χ1) is 17.5. The van der Waals surface area contributed by atoms with Gasteiger partial charge >= 0.3 is 5.56 Å². The van der Waals surface area contributed by atoms with Crippen molar-refractivity contribution >= 4 is 34.5 Å². The molecule has 1 aromatic carbocycles. The number of anilines is 1. The van der Waals surface area contributed by atoms with Gasteiger partial charge in [-0.1, -0.05) is 47.8 Å². The number of unbranched alkanes of at least 4 members (excludes halogenated alkanes) is 1. The predicted octanol–water partition coefficient (Wildman–Crippen LogP) is 4.66. The highest BCUT2D eigenvalue weighted by Gasteiger charge is 2.22. The predicted molar refractivity (Wildman–Crippen MR) is 137 cm³/mol. The molecule has 4 heterocycles. The molecule has 36 heavy (non-hydrogen) atoms. The number of aromatic nitrogens is 4. The highest BCUT2D eigenvalue weighted by molar-refractivity contribution is 6.42. The van der Waals surface area contributed by atoms with Crippen molar-refractivity contribution in [3.05, 3.63) is 68.4 Å². The van der Waals surface area contributed by atoms with Gasteiger partial charge in [0.25, 0.3) is 0 Å². The van der Waals surface area contributed by atoms with E-state index in [1.165, 1.54) is 4.40 Å². The molecule has 1 saturated heterocycles. The van der Waals surface area contributed by atoms with Crippen molar-refractivity contribution in [1.29, 1.82) is 0 Å². The largest absolute Gasteiger partial charge is 0.486 e. The highest BCUT2D eigenvalue weighted by atomic mass is 35.5. The van der Waals surface area contributed by atoms with Crippen LogP contribution < -0.4 is 15.2 Å². The number of morpholine rings is 1. The monoisotopic (exact) mass is 529 g/mol. The Kier molecular flexibility index (Phi) is 7.41. The molecule has 5 rings (SSSR count). The second-order valence-corrected chi connectivity index (χ2v) is 9.26. The molecule has 0 radical (unpaired) electrons. The molecule has 0 saturated carbocycles. The Morgan fingerprint density at radius 2 is 1.92 bits per heavy atom. The van der Waals surface area contributed by atoms with Crippen molar-refractivity contribution in [1.82, 2.24) is 19.5 Å². The normalized spacial score (nSPS) is 13.9. The number of benzene rings is 1. The van der Waals surface area contributed by atoms with E-state index in [0.717, 1.165) is 37.2 Å². The fourth-order valence-corrected chi connectivity index (χ4v) is 4.29. The summed E-state index contributed by atoms with van der Waals surface area (Å²) in [4.78, 5) is 24.9. The number of nitrogens with zero attached hydrogens (tertiary/aromatic N) is 5. The van der Waals surface area contributed by atoms with Gasteiger partial charge in [0, 0.05) is 19.3 Å². The molecule has 0 atom stereocenters. The van der Waals surface area contributed by atoms with E-state index < -0.39 is 0 Å². The number of hydrogen-bond donors (Lipinski definition) is 0. The average Bonchev–Trinajstić information content (AvgIpc) is 3.36. The first kappa shape index (κ1) is 24.5. The smallest absolute Gasteiger partial charge is 0.301 e. The molecule has 0 aliphatic carbocycles. The van der Waals surface area contributed by atoms with E-state index >= 15 is 0 Å². The zero-order valence-electron chi connectivity index (χ0n) is 19.7. The zero-order chi connectivity index (χ0) is 25.1. The maximum Gasteiger partial charge on any atom is 0.301 e. The van der Waals surface area contributed by atoms with E-state index in [2.05, 4.69) is 26.9 Å². The Bertz CT molecular complexity index is 1430. The van der Waals surface area contributed by atoms with Crippen molar-refractivity contribution in [3.8, 4) is 17.3 Å². The van der Waals surface area contributed by atoms with E-state index in [1.54, 1.807) is 18.3 Å². The van der Waals surface area contributed by atoms with E-state index in [4.69, 9.17) is 37.2 Å². The Labute approximate surface area is 217 Å². The summed E-state index contributed by atoms with van der Waals surface area (Å²) in [6.07, 6.45) is 3.86. The van der Waals surface area contributed by atoms with Crippen LogP contribution in [0, 0.1) is 0 Å². The summed E-state index contributed by atoms with van der Waals surface area (Å²) in [5.74, 6) is 0.642. The molecule has 0 bridgehead atoms. The van der Waals surface area contributed by atoms with Crippen LogP contribution in [-0.2, 0) is 11.2 Å². The first-order valence-corrected chi connectivity index (χ1v) is 12.6. The molecule has 0 spiro atoms. The molecular weight excluding hydrogens is 505 g/mol. The molecule has 1 aliphatic rings. The van der Waals surface area contributed by atoms with Gasteiger partial charge in [-0.05, 0) is 36.2 Å². The van der Waals surface area contributed by atoms with Crippen molar-refractivity contribution < 1.29 is 14.0 Å². The van der Waals surface area contributed by atoms with Crippen LogP contribution in [0.2, 0.25) is 10.0 Å². The third-order valence-electron chi connectivity index (χ3n) is 5.91. The van der Waals surface area contributed by atoms with Gasteiger partial charge in [0.05, 0.1) is 42.0 Å². The zero-order valence-corrected chi connectivity index (χ0v) is 21.3. The number of fused-ring (bicyclic) bond motifs is 1. The summed E-state index contributed by atoms with van der Waals surface area (Å²) in [6.45, 7) is 5.25. The van der Waals surface area contributed by atoms with Gasteiger partial charge in [0.2, 0.25) is 17.5 Å². The summed E-state index contributed by atoms with van der Waals surface area (Å²) in [6, 6.07) is 9.06. The standard InChI is InChI=1S/C25H25Cl2N5O4/c1-2-3-10-35-23-22(24-29-21(36-30-24)14-16-4-6-18(26)19(27)13-16)28-20-7-5-17(15-32(20)25(23)33)31-8-11-34-12-9-31/h4-7,13,15H,2-3,8-12,14H2,1H3. The lowest BCUT2D eigenvalue weighted by atomic mass is 10.1. The Morgan fingerprint density at radius 3 is 2.69 bits per heavy atom. The third-order valence-corrected chi connectivity index (χ3v) is 6.64. The van der Waals surface area contributed by atoms with E-state index in [9.17, 15) is 4.79 Å². The van der Waals surface area contributed by atoms with Crippen LogP contribution in [0.25, 0.3) is 17.2 Å². The van der Waals surface area contributed by atoms with Gasteiger partial charge < -0.3 is 18.9 Å². The molecular formula is C25H25Cl2N5O4. The molecule has 0 unspecified atom stereocenters. The van der Waals surface area contributed by atoms with Crippen LogP contribution in [0.5, 0.6) is 5.75 Å². The average molecular weight is 530 g/mol. The molecule has 11 heteroatoms. The van der Waals surface area contributed by atoms with Crippen molar-refractivity contribution in [2.75, 3.05) is 37.8 Å². The minimum absolute atomic E-state index is 0.0990. The maximum absolute atomic E-state index is 13.6. The Hall–Kier alpha value is -3.14. The Morgan fingerprint density at radius 1 is 1.08 bits per heavy atom.